The highest BCUT2D eigenvalue weighted by Crippen LogP contribution is 2.41. The number of alkyl halides is 3. The third-order valence-corrected chi connectivity index (χ3v) is 8.16. The Balaban J connectivity index is 1.23. The largest absolute Gasteiger partial charge is 0.416 e. The molecule has 3 aliphatic rings. The van der Waals surface area contributed by atoms with E-state index >= 15 is 0 Å². The van der Waals surface area contributed by atoms with Gasteiger partial charge in [0, 0.05) is 43.9 Å². The normalized spacial score (nSPS) is 18.0. The topological polar surface area (TPSA) is 68.8 Å². The molecule has 2 bridgehead atoms. The number of carbonyl (C=O) groups excluding carboxylic acids is 2. The molecule has 1 aromatic heterocycles. The quantitative estimate of drug-likeness (QED) is 0.375. The number of hydrogen-bond donors (Lipinski definition) is 1. The molecule has 0 radical (unpaired) electrons. The molecule has 3 aliphatic heterocycles. The van der Waals surface area contributed by atoms with Crippen molar-refractivity contribution < 1.29 is 22.8 Å². The van der Waals surface area contributed by atoms with Crippen LogP contribution in [0.5, 0.6) is 0 Å². The SMILES string of the molecule is CC(C)(C)CC(=O)N1CCc2cc(NC(=O)N3c4nc(-c5cccc(C(F)(F)F)c5)ccc4N4CC[C@H]3C4)ccc2C1. The van der Waals surface area contributed by atoms with E-state index < -0.39 is 11.7 Å². The molecule has 2 aromatic carbocycles. The van der Waals surface area contributed by atoms with Gasteiger partial charge in [0.05, 0.1) is 23.0 Å². The van der Waals surface area contributed by atoms with E-state index in [2.05, 4.69) is 31.0 Å². The maximum absolute atomic E-state index is 13.7. The van der Waals surface area contributed by atoms with Gasteiger partial charge in [0.2, 0.25) is 5.91 Å². The lowest BCUT2D eigenvalue weighted by molar-refractivity contribution is -0.137. The van der Waals surface area contributed by atoms with Crippen molar-refractivity contribution >= 4 is 29.1 Å². The highest BCUT2D eigenvalue weighted by molar-refractivity contribution is 6.04. The number of halogens is 3. The van der Waals surface area contributed by atoms with Gasteiger partial charge in [-0.1, -0.05) is 39.0 Å². The first-order chi connectivity index (χ1) is 19.9. The van der Waals surface area contributed by atoms with Gasteiger partial charge in [-0.3, -0.25) is 9.69 Å². The number of hydrogen-bond acceptors (Lipinski definition) is 4. The lowest BCUT2D eigenvalue weighted by Crippen LogP contribution is -2.48. The second-order valence-corrected chi connectivity index (χ2v) is 12.6. The first kappa shape index (κ1) is 28.1. The fourth-order valence-electron chi connectivity index (χ4n) is 6.08. The summed E-state index contributed by atoms with van der Waals surface area (Å²) in [6.45, 7) is 8.82. The van der Waals surface area contributed by atoms with Crippen molar-refractivity contribution in [1.82, 2.24) is 9.88 Å². The van der Waals surface area contributed by atoms with E-state index in [1.807, 2.05) is 29.2 Å². The zero-order valence-electron chi connectivity index (χ0n) is 24.0. The Morgan fingerprint density at radius 3 is 2.57 bits per heavy atom. The third-order valence-electron chi connectivity index (χ3n) is 8.16. The number of carbonyl (C=O) groups is 2. The number of aromatic nitrogens is 1. The summed E-state index contributed by atoms with van der Waals surface area (Å²) in [4.78, 5) is 37.0. The zero-order valence-corrected chi connectivity index (χ0v) is 24.0. The molecule has 4 heterocycles. The maximum Gasteiger partial charge on any atom is 0.416 e. The third kappa shape index (κ3) is 5.54. The molecule has 1 atom stereocenters. The zero-order chi connectivity index (χ0) is 29.8. The molecule has 42 heavy (non-hydrogen) atoms. The lowest BCUT2D eigenvalue weighted by Gasteiger charge is -2.36. The molecule has 1 fully saturated rings. The Hall–Kier alpha value is -4.08. The summed E-state index contributed by atoms with van der Waals surface area (Å²) in [7, 11) is 0. The molecule has 1 N–H and O–H groups in total. The number of pyridine rings is 1. The molecule has 10 heteroatoms. The van der Waals surface area contributed by atoms with Gasteiger partial charge in [0.15, 0.2) is 5.82 Å². The summed E-state index contributed by atoms with van der Waals surface area (Å²) in [6, 6.07) is 14.0. The van der Waals surface area contributed by atoms with Crippen LogP contribution in [0.1, 0.15) is 50.3 Å². The van der Waals surface area contributed by atoms with E-state index in [1.165, 1.54) is 6.07 Å². The predicted octanol–water partition coefficient (Wildman–Crippen LogP) is 6.72. The number of urea groups is 1. The van der Waals surface area contributed by atoms with E-state index in [9.17, 15) is 22.8 Å². The van der Waals surface area contributed by atoms with Gasteiger partial charge in [0.25, 0.3) is 0 Å². The fourth-order valence-corrected chi connectivity index (χ4v) is 6.08. The average molecular weight is 578 g/mol. The summed E-state index contributed by atoms with van der Waals surface area (Å²) in [5.74, 6) is 0.596. The van der Waals surface area contributed by atoms with Crippen molar-refractivity contribution in [2.75, 3.05) is 34.8 Å². The molecule has 3 amide bonds. The maximum atomic E-state index is 13.7. The second-order valence-electron chi connectivity index (χ2n) is 12.6. The van der Waals surface area contributed by atoms with Gasteiger partial charge in [-0.05, 0) is 65.8 Å². The first-order valence-corrected chi connectivity index (χ1v) is 14.3. The molecule has 3 aromatic rings. The monoisotopic (exact) mass is 577 g/mol. The van der Waals surface area contributed by atoms with Crippen molar-refractivity contribution in [2.24, 2.45) is 5.41 Å². The van der Waals surface area contributed by atoms with Gasteiger partial charge < -0.3 is 15.1 Å². The summed E-state index contributed by atoms with van der Waals surface area (Å²) in [6.07, 6.45) is -2.49. The van der Waals surface area contributed by atoms with Crippen LogP contribution in [0.2, 0.25) is 0 Å². The van der Waals surface area contributed by atoms with Gasteiger partial charge in [-0.2, -0.15) is 13.2 Å². The number of amides is 3. The van der Waals surface area contributed by atoms with Crippen LogP contribution in [-0.4, -0.2) is 47.5 Å². The number of fused-ring (bicyclic) bond motifs is 5. The number of anilines is 3. The summed E-state index contributed by atoms with van der Waals surface area (Å²) in [5, 5.41) is 3.04. The molecular formula is C32H34F3N5O2. The molecule has 0 unspecified atom stereocenters. The molecule has 220 valence electrons. The molecule has 0 aliphatic carbocycles. The van der Waals surface area contributed by atoms with Crippen LogP contribution in [0.4, 0.5) is 35.2 Å². The summed E-state index contributed by atoms with van der Waals surface area (Å²) >= 11 is 0. The molecule has 0 saturated carbocycles. The van der Waals surface area contributed by atoms with Crippen molar-refractivity contribution in [3.63, 3.8) is 0 Å². The Morgan fingerprint density at radius 1 is 1.00 bits per heavy atom. The Labute approximate surface area is 243 Å². The van der Waals surface area contributed by atoms with Crippen LogP contribution < -0.4 is 15.1 Å². The van der Waals surface area contributed by atoms with Crippen LogP contribution in [-0.2, 0) is 23.9 Å². The molecule has 6 rings (SSSR count). The molecule has 1 saturated heterocycles. The van der Waals surface area contributed by atoms with Gasteiger partial charge in [0.1, 0.15) is 0 Å². The van der Waals surface area contributed by atoms with E-state index in [-0.39, 0.29) is 23.4 Å². The molecular weight excluding hydrogens is 543 g/mol. The van der Waals surface area contributed by atoms with Crippen molar-refractivity contribution in [1.29, 1.82) is 0 Å². The van der Waals surface area contributed by atoms with Gasteiger partial charge >= 0.3 is 12.2 Å². The van der Waals surface area contributed by atoms with Crippen LogP contribution >= 0.6 is 0 Å². The minimum Gasteiger partial charge on any atom is -0.366 e. The smallest absolute Gasteiger partial charge is 0.366 e. The minimum atomic E-state index is -4.46. The van der Waals surface area contributed by atoms with Gasteiger partial charge in [-0.25, -0.2) is 9.78 Å². The minimum absolute atomic E-state index is 0.0718. The number of nitrogens with one attached hydrogen (secondary N) is 1. The van der Waals surface area contributed by atoms with E-state index in [4.69, 9.17) is 4.98 Å². The van der Waals surface area contributed by atoms with Crippen LogP contribution in [0.15, 0.2) is 54.6 Å². The highest BCUT2D eigenvalue weighted by Gasteiger charge is 2.40. The van der Waals surface area contributed by atoms with Crippen LogP contribution in [0, 0.1) is 5.41 Å². The Bertz CT molecular complexity index is 1550. The molecule has 7 nitrogen and oxygen atoms in total. The fraction of sp³-hybridized carbons (Fsp3) is 0.406. The van der Waals surface area contributed by atoms with Crippen LogP contribution in [0.25, 0.3) is 11.3 Å². The average Bonchev–Trinajstić information content (AvgIpc) is 3.35. The van der Waals surface area contributed by atoms with Crippen molar-refractivity contribution in [2.45, 2.75) is 58.8 Å². The number of rotatable bonds is 3. The van der Waals surface area contributed by atoms with E-state index in [0.717, 1.165) is 41.9 Å². The van der Waals surface area contributed by atoms with E-state index in [1.54, 1.807) is 17.0 Å². The molecule has 0 spiro atoms. The van der Waals surface area contributed by atoms with Crippen molar-refractivity contribution in [3.8, 4) is 11.3 Å². The van der Waals surface area contributed by atoms with Gasteiger partial charge in [-0.15, -0.1) is 0 Å². The highest BCUT2D eigenvalue weighted by atomic mass is 19.4. The Morgan fingerprint density at radius 2 is 1.81 bits per heavy atom. The number of nitrogens with zero attached hydrogens (tertiary/aromatic N) is 4. The van der Waals surface area contributed by atoms with Crippen LogP contribution in [0.3, 0.4) is 0 Å². The first-order valence-electron chi connectivity index (χ1n) is 14.3. The van der Waals surface area contributed by atoms with E-state index in [0.29, 0.717) is 55.2 Å². The summed E-state index contributed by atoms with van der Waals surface area (Å²) in [5.41, 5.74) is 3.52. The predicted molar refractivity (Wildman–Crippen MR) is 156 cm³/mol. The second kappa shape index (κ2) is 10.3. The Kier molecular flexibility index (Phi) is 6.90. The standard InChI is InChI=1S/C32H34F3N5O2/c1-31(2,3)17-28(41)39-13-11-20-16-24(8-7-22(20)18-39)36-30(42)40-25-12-14-38(19-25)27-10-9-26(37-29(27)40)21-5-4-6-23(15-21)32(33,34)35/h4-10,15-16,25H,11-14,17-19H2,1-3H3,(H,36,42)/t25-/m0/s1. The van der Waals surface area contributed by atoms with Crippen molar-refractivity contribution in [3.05, 3.63) is 71.3 Å². The lowest BCUT2D eigenvalue weighted by atomic mass is 9.90. The summed E-state index contributed by atoms with van der Waals surface area (Å²) < 4.78 is 40.1. The number of benzene rings is 2.